The molecule has 0 aromatic heterocycles. The van der Waals surface area contributed by atoms with Gasteiger partial charge in [0.1, 0.15) is 31.5 Å². The van der Waals surface area contributed by atoms with Crippen molar-refractivity contribution in [3.63, 3.8) is 0 Å². The zero-order valence-electron chi connectivity index (χ0n) is 19.6. The first-order valence-electron chi connectivity index (χ1n) is 10.7. The van der Waals surface area contributed by atoms with Crippen LogP contribution in [0.25, 0.3) is 0 Å². The van der Waals surface area contributed by atoms with E-state index in [1.807, 2.05) is 0 Å². The number of nitrogens with zero attached hydrogens (tertiary/aromatic N) is 2. The number of rotatable bonds is 9. The molecule has 0 aliphatic carbocycles. The quantitative estimate of drug-likeness (QED) is 0.564. The summed E-state index contributed by atoms with van der Waals surface area (Å²) < 4.78 is 42.6. The topological polar surface area (TPSA) is 114 Å². The number of hydrogen-bond donors (Lipinski definition) is 1. The van der Waals surface area contributed by atoms with Crippen molar-refractivity contribution in [2.75, 3.05) is 44.5 Å². The van der Waals surface area contributed by atoms with Gasteiger partial charge in [0.25, 0.3) is 0 Å². The molecule has 0 radical (unpaired) electrons. The van der Waals surface area contributed by atoms with Gasteiger partial charge in [0.05, 0.1) is 19.1 Å². The fourth-order valence-electron chi connectivity index (χ4n) is 3.56. The minimum absolute atomic E-state index is 0.0867. The average Bonchev–Trinajstić information content (AvgIpc) is 2.83. The summed E-state index contributed by atoms with van der Waals surface area (Å²) in [7, 11) is -0.828. The van der Waals surface area contributed by atoms with Crippen molar-refractivity contribution in [3.8, 4) is 17.2 Å². The van der Waals surface area contributed by atoms with Gasteiger partial charge in [-0.25, -0.2) is 8.42 Å². The maximum absolute atomic E-state index is 13.4. The second kappa shape index (κ2) is 10.6. The summed E-state index contributed by atoms with van der Waals surface area (Å²) in [5.74, 6) is 0.590. The van der Waals surface area contributed by atoms with Crippen LogP contribution >= 0.6 is 0 Å². The Morgan fingerprint density at radius 1 is 1.12 bits per heavy atom. The predicted octanol–water partition coefficient (Wildman–Crippen LogP) is 1.40. The summed E-state index contributed by atoms with van der Waals surface area (Å²) >= 11 is 0. The molecule has 0 unspecified atom stereocenters. The first-order valence-corrected chi connectivity index (χ1v) is 12.5. The zero-order chi connectivity index (χ0) is 24.9. The van der Waals surface area contributed by atoms with E-state index in [0.29, 0.717) is 30.5 Å². The van der Waals surface area contributed by atoms with Gasteiger partial charge in [-0.1, -0.05) is 12.1 Å². The van der Waals surface area contributed by atoms with Crippen molar-refractivity contribution < 1.29 is 32.2 Å². The van der Waals surface area contributed by atoms with Crippen LogP contribution in [0.4, 0.5) is 5.69 Å². The third kappa shape index (κ3) is 5.90. The molecule has 0 bridgehead atoms. The van der Waals surface area contributed by atoms with Gasteiger partial charge in [0.2, 0.25) is 21.8 Å². The molecule has 0 saturated carbocycles. The van der Waals surface area contributed by atoms with Crippen molar-refractivity contribution in [2.45, 2.75) is 19.5 Å². The van der Waals surface area contributed by atoms with E-state index in [4.69, 9.17) is 14.2 Å². The predicted molar refractivity (Wildman–Crippen MR) is 127 cm³/mol. The van der Waals surface area contributed by atoms with Crippen molar-refractivity contribution in [3.05, 3.63) is 48.0 Å². The molecule has 0 saturated heterocycles. The molecular formula is C23H29N3O7S. The first-order chi connectivity index (χ1) is 16.1. The van der Waals surface area contributed by atoms with Gasteiger partial charge in [-0.15, -0.1) is 0 Å². The van der Waals surface area contributed by atoms with E-state index in [2.05, 4.69) is 5.32 Å². The van der Waals surface area contributed by atoms with Gasteiger partial charge in [0.15, 0.2) is 11.5 Å². The molecule has 34 heavy (non-hydrogen) atoms. The van der Waals surface area contributed by atoms with Gasteiger partial charge in [-0.3, -0.25) is 13.9 Å². The molecule has 0 spiro atoms. The van der Waals surface area contributed by atoms with Gasteiger partial charge >= 0.3 is 0 Å². The smallest absolute Gasteiger partial charge is 0.244 e. The third-order valence-electron chi connectivity index (χ3n) is 5.39. The minimum Gasteiger partial charge on any atom is -0.497 e. The average molecular weight is 492 g/mol. The fourth-order valence-corrected chi connectivity index (χ4v) is 4.40. The minimum atomic E-state index is -3.84. The molecule has 0 fully saturated rings. The normalized spacial score (nSPS) is 13.5. The molecule has 1 atom stereocenters. The lowest BCUT2D eigenvalue weighted by atomic mass is 10.1. The zero-order valence-corrected chi connectivity index (χ0v) is 20.4. The van der Waals surface area contributed by atoms with Crippen molar-refractivity contribution in [1.29, 1.82) is 0 Å². The highest BCUT2D eigenvalue weighted by molar-refractivity contribution is 7.92. The molecule has 1 aliphatic rings. The van der Waals surface area contributed by atoms with Gasteiger partial charge in [-0.05, 0) is 36.8 Å². The number of hydrogen-bond acceptors (Lipinski definition) is 7. The maximum atomic E-state index is 13.4. The lowest BCUT2D eigenvalue weighted by molar-refractivity contribution is -0.139. The van der Waals surface area contributed by atoms with Crippen LogP contribution in [0, 0.1) is 0 Å². The number of amides is 2. The first kappa shape index (κ1) is 25.2. The number of nitrogens with one attached hydrogen (secondary N) is 1. The van der Waals surface area contributed by atoms with E-state index in [1.165, 1.54) is 25.1 Å². The molecule has 3 rings (SSSR count). The summed E-state index contributed by atoms with van der Waals surface area (Å²) in [6.45, 7) is 1.92. The molecule has 2 amide bonds. The molecule has 1 aliphatic heterocycles. The molecule has 10 nitrogen and oxygen atoms in total. The fraction of sp³-hybridized carbons (Fsp3) is 0.391. The summed E-state index contributed by atoms with van der Waals surface area (Å²) in [4.78, 5) is 27.2. The largest absolute Gasteiger partial charge is 0.497 e. The Kier molecular flexibility index (Phi) is 7.87. The van der Waals surface area contributed by atoms with Crippen LogP contribution in [0.1, 0.15) is 12.5 Å². The van der Waals surface area contributed by atoms with Gasteiger partial charge < -0.3 is 24.4 Å². The van der Waals surface area contributed by atoms with Crippen LogP contribution in [0.15, 0.2) is 42.5 Å². The highest BCUT2D eigenvalue weighted by atomic mass is 32.2. The maximum Gasteiger partial charge on any atom is 0.244 e. The molecular weight excluding hydrogens is 462 g/mol. The van der Waals surface area contributed by atoms with E-state index in [9.17, 15) is 18.0 Å². The van der Waals surface area contributed by atoms with E-state index in [0.717, 1.165) is 16.1 Å². The SMILES string of the molecule is CNC(=O)[C@H](C)N(Cc1cccc(OC)c1)C(=O)CN(c1ccc2c(c1)OCCO2)S(C)(=O)=O. The Morgan fingerprint density at radius 2 is 1.82 bits per heavy atom. The second-order valence-electron chi connectivity index (χ2n) is 7.76. The number of fused-ring (bicyclic) bond motifs is 1. The number of carbonyl (C=O) groups excluding carboxylic acids is 2. The van der Waals surface area contributed by atoms with E-state index in [-0.39, 0.29) is 18.1 Å². The number of methoxy groups -OCH3 is 1. The lowest BCUT2D eigenvalue weighted by Crippen LogP contribution is -2.50. The molecule has 1 heterocycles. The molecule has 184 valence electrons. The number of likely N-dealkylation sites (N-methyl/N-ethyl adjacent to an activating group) is 1. The summed E-state index contributed by atoms with van der Waals surface area (Å²) in [5.41, 5.74) is 0.989. The second-order valence-corrected chi connectivity index (χ2v) is 9.67. The number of anilines is 1. The highest BCUT2D eigenvalue weighted by Crippen LogP contribution is 2.34. The molecule has 1 N–H and O–H groups in total. The lowest BCUT2D eigenvalue weighted by Gasteiger charge is -2.31. The Balaban J connectivity index is 1.92. The van der Waals surface area contributed by atoms with Crippen LogP contribution in [0.3, 0.4) is 0 Å². The van der Waals surface area contributed by atoms with Crippen LogP contribution in [-0.2, 0) is 26.2 Å². The highest BCUT2D eigenvalue weighted by Gasteiger charge is 2.30. The summed E-state index contributed by atoms with van der Waals surface area (Å²) in [6.07, 6.45) is 1.02. The Labute approximate surface area is 199 Å². The Morgan fingerprint density at radius 3 is 2.47 bits per heavy atom. The number of ether oxygens (including phenoxy) is 3. The molecule has 2 aromatic carbocycles. The summed E-state index contributed by atoms with van der Waals surface area (Å²) in [5, 5.41) is 2.54. The van der Waals surface area contributed by atoms with Crippen LogP contribution in [0.5, 0.6) is 17.2 Å². The van der Waals surface area contributed by atoms with E-state index in [1.54, 1.807) is 43.3 Å². The van der Waals surface area contributed by atoms with E-state index < -0.39 is 28.5 Å². The Bertz CT molecular complexity index is 1150. The van der Waals surface area contributed by atoms with Crippen molar-refractivity contribution >= 4 is 27.5 Å². The Hall–Kier alpha value is -3.47. The monoisotopic (exact) mass is 491 g/mol. The van der Waals surface area contributed by atoms with Crippen LogP contribution in [-0.4, -0.2) is 71.3 Å². The van der Waals surface area contributed by atoms with Gasteiger partial charge in [-0.2, -0.15) is 0 Å². The van der Waals surface area contributed by atoms with Crippen molar-refractivity contribution in [2.24, 2.45) is 0 Å². The van der Waals surface area contributed by atoms with Gasteiger partial charge in [0, 0.05) is 19.7 Å². The number of sulfonamides is 1. The van der Waals surface area contributed by atoms with E-state index >= 15 is 0 Å². The third-order valence-corrected chi connectivity index (χ3v) is 6.53. The number of benzene rings is 2. The molecule has 2 aromatic rings. The van der Waals surface area contributed by atoms with Crippen molar-refractivity contribution in [1.82, 2.24) is 10.2 Å². The van der Waals surface area contributed by atoms with Crippen LogP contribution in [0.2, 0.25) is 0 Å². The summed E-state index contributed by atoms with van der Waals surface area (Å²) in [6, 6.07) is 10.9. The number of carbonyl (C=O) groups is 2. The standard InChI is InChI=1S/C23H29N3O7S/c1-16(23(28)24-2)25(14-17-6-5-7-19(12-17)31-3)22(27)15-26(34(4,29)30)18-8-9-20-21(13-18)33-11-10-32-20/h5-9,12-13,16H,10-11,14-15H2,1-4H3,(H,24,28)/t16-/m0/s1. The molecule has 11 heteroatoms. The van der Waals surface area contributed by atoms with Crippen LogP contribution < -0.4 is 23.8 Å².